The second kappa shape index (κ2) is 10.2. The molecule has 2 aromatic carbocycles. The largest absolute Gasteiger partial charge is 0.481 e. The molecular weight excluding hydrogens is 455 g/mol. The van der Waals surface area contributed by atoms with Gasteiger partial charge in [0, 0.05) is 5.69 Å². The molecule has 0 bridgehead atoms. The maximum atomic E-state index is 12.7. The Morgan fingerprint density at radius 2 is 1.76 bits per heavy atom. The number of rotatable bonds is 7. The quantitative estimate of drug-likeness (QED) is 0.523. The first-order chi connectivity index (χ1) is 16.1. The van der Waals surface area contributed by atoms with Gasteiger partial charge in [-0.15, -0.1) is 0 Å². The van der Waals surface area contributed by atoms with Gasteiger partial charge in [-0.3, -0.25) is 9.59 Å². The first-order valence-corrected chi connectivity index (χ1v) is 10.1. The molecular formula is C23H20F3N3O5. The van der Waals surface area contributed by atoms with Gasteiger partial charge in [0.05, 0.1) is 23.9 Å². The number of para-hydroxylation sites is 1. The normalized spacial score (nSPS) is 11.1. The summed E-state index contributed by atoms with van der Waals surface area (Å²) in [5.74, 6) is -1.85. The molecule has 1 amide bonds. The van der Waals surface area contributed by atoms with Crippen molar-refractivity contribution in [2.45, 2.75) is 20.0 Å². The number of amides is 1. The van der Waals surface area contributed by atoms with Crippen molar-refractivity contribution in [3.8, 4) is 11.4 Å². The number of aryl methyl sites for hydroxylation is 1. The number of nitrogens with zero attached hydrogens (tertiary/aromatic N) is 2. The fourth-order valence-electron chi connectivity index (χ4n) is 2.95. The lowest BCUT2D eigenvalue weighted by molar-refractivity contribution is -0.137. The molecule has 0 spiro atoms. The summed E-state index contributed by atoms with van der Waals surface area (Å²) >= 11 is 0. The maximum absolute atomic E-state index is 12.7. The first-order valence-electron chi connectivity index (χ1n) is 10.1. The molecule has 0 fully saturated rings. The molecule has 1 heterocycles. The van der Waals surface area contributed by atoms with Crippen LogP contribution in [0.25, 0.3) is 5.69 Å². The Balaban J connectivity index is 1.81. The first kappa shape index (κ1) is 24.5. The predicted octanol–water partition coefficient (Wildman–Crippen LogP) is 3.75. The zero-order chi connectivity index (χ0) is 24.9. The highest BCUT2D eigenvalue weighted by molar-refractivity contribution is 5.93. The standard InChI is InChI=1S/C23H20F3N3O5/c1-3-33-22(32)21-18(12-20(31)29(28-21)17-7-5-4-6-14(17)2)34-13-19(30)27-16-10-8-15(9-11-16)23(24,25)26/h4-12H,3,13H2,1-2H3,(H,27,30). The second-order valence-electron chi connectivity index (χ2n) is 7.03. The highest BCUT2D eigenvalue weighted by Crippen LogP contribution is 2.29. The van der Waals surface area contributed by atoms with Gasteiger partial charge < -0.3 is 14.8 Å². The Morgan fingerprint density at radius 1 is 1.09 bits per heavy atom. The molecule has 0 unspecified atom stereocenters. The Bertz CT molecular complexity index is 1250. The zero-order valence-corrected chi connectivity index (χ0v) is 18.2. The molecule has 0 saturated carbocycles. The summed E-state index contributed by atoms with van der Waals surface area (Å²) in [7, 11) is 0. The van der Waals surface area contributed by atoms with Crippen LogP contribution >= 0.6 is 0 Å². The van der Waals surface area contributed by atoms with E-state index >= 15 is 0 Å². The number of hydrogen-bond acceptors (Lipinski definition) is 6. The molecule has 8 nitrogen and oxygen atoms in total. The maximum Gasteiger partial charge on any atom is 0.416 e. The molecule has 0 saturated heterocycles. The van der Waals surface area contributed by atoms with Gasteiger partial charge in [0.15, 0.2) is 12.4 Å². The highest BCUT2D eigenvalue weighted by Gasteiger charge is 2.30. The molecule has 11 heteroatoms. The van der Waals surface area contributed by atoms with Gasteiger partial charge in [-0.2, -0.15) is 23.0 Å². The number of benzene rings is 2. The van der Waals surface area contributed by atoms with E-state index < -0.39 is 35.8 Å². The zero-order valence-electron chi connectivity index (χ0n) is 18.2. The van der Waals surface area contributed by atoms with E-state index in [1.54, 1.807) is 38.1 Å². The van der Waals surface area contributed by atoms with E-state index in [0.29, 0.717) is 5.69 Å². The average molecular weight is 475 g/mol. The molecule has 3 aromatic rings. The summed E-state index contributed by atoms with van der Waals surface area (Å²) in [4.78, 5) is 37.3. The van der Waals surface area contributed by atoms with Crippen molar-refractivity contribution in [3.63, 3.8) is 0 Å². The summed E-state index contributed by atoms with van der Waals surface area (Å²) in [5.41, 5.74) is -0.491. The lowest BCUT2D eigenvalue weighted by Gasteiger charge is -2.14. The predicted molar refractivity (Wildman–Crippen MR) is 116 cm³/mol. The second-order valence-corrected chi connectivity index (χ2v) is 7.03. The third-order valence-corrected chi connectivity index (χ3v) is 4.56. The molecule has 1 N–H and O–H groups in total. The SMILES string of the molecule is CCOC(=O)c1nn(-c2ccccc2C)c(=O)cc1OCC(=O)Nc1ccc(C(F)(F)F)cc1. The smallest absolute Gasteiger partial charge is 0.416 e. The van der Waals surface area contributed by atoms with E-state index in [-0.39, 0.29) is 23.7 Å². The van der Waals surface area contributed by atoms with Crippen LogP contribution in [0, 0.1) is 6.92 Å². The van der Waals surface area contributed by atoms with Crippen molar-refractivity contribution >= 4 is 17.6 Å². The third kappa shape index (κ3) is 5.80. The lowest BCUT2D eigenvalue weighted by Crippen LogP contribution is -2.27. The number of carbonyl (C=O) groups excluding carboxylic acids is 2. The van der Waals surface area contributed by atoms with E-state index in [4.69, 9.17) is 9.47 Å². The molecule has 0 aliphatic rings. The number of esters is 1. The molecule has 0 aliphatic heterocycles. The van der Waals surface area contributed by atoms with Gasteiger partial charge in [-0.1, -0.05) is 18.2 Å². The monoisotopic (exact) mass is 475 g/mol. The van der Waals surface area contributed by atoms with Gasteiger partial charge in [0.25, 0.3) is 11.5 Å². The van der Waals surface area contributed by atoms with Crippen molar-refractivity contribution in [1.82, 2.24) is 9.78 Å². The lowest BCUT2D eigenvalue weighted by atomic mass is 10.2. The Morgan fingerprint density at radius 3 is 2.38 bits per heavy atom. The van der Waals surface area contributed by atoms with Gasteiger partial charge in [-0.25, -0.2) is 4.79 Å². The minimum Gasteiger partial charge on any atom is -0.481 e. The van der Waals surface area contributed by atoms with Crippen molar-refractivity contribution in [3.05, 3.63) is 81.8 Å². The summed E-state index contributed by atoms with van der Waals surface area (Å²) < 4.78 is 49.3. The van der Waals surface area contributed by atoms with Crippen LogP contribution in [0.4, 0.5) is 18.9 Å². The number of aromatic nitrogens is 2. The highest BCUT2D eigenvalue weighted by atomic mass is 19.4. The molecule has 0 aliphatic carbocycles. The van der Waals surface area contributed by atoms with E-state index in [2.05, 4.69) is 10.4 Å². The van der Waals surface area contributed by atoms with E-state index in [9.17, 15) is 27.6 Å². The minimum atomic E-state index is -4.50. The van der Waals surface area contributed by atoms with Crippen molar-refractivity contribution in [1.29, 1.82) is 0 Å². The van der Waals surface area contributed by atoms with Gasteiger partial charge >= 0.3 is 12.1 Å². The Labute approximate surface area is 191 Å². The molecule has 0 atom stereocenters. The van der Waals surface area contributed by atoms with Crippen LogP contribution < -0.4 is 15.6 Å². The van der Waals surface area contributed by atoms with Crippen LogP contribution in [0.2, 0.25) is 0 Å². The van der Waals surface area contributed by atoms with Gasteiger partial charge in [0.2, 0.25) is 5.69 Å². The van der Waals surface area contributed by atoms with E-state index in [1.165, 1.54) is 0 Å². The van der Waals surface area contributed by atoms with Crippen molar-refractivity contribution in [2.75, 3.05) is 18.5 Å². The Kier molecular flexibility index (Phi) is 7.34. The number of hydrogen-bond donors (Lipinski definition) is 1. The van der Waals surface area contributed by atoms with Crippen molar-refractivity contribution < 1.29 is 32.2 Å². The van der Waals surface area contributed by atoms with Crippen molar-refractivity contribution in [2.24, 2.45) is 0 Å². The molecule has 1 aromatic heterocycles. The fraction of sp³-hybridized carbons (Fsp3) is 0.217. The summed E-state index contributed by atoms with van der Waals surface area (Å²) in [5, 5.41) is 6.46. The molecule has 0 radical (unpaired) electrons. The summed E-state index contributed by atoms with van der Waals surface area (Å²) in [6.45, 7) is 2.76. The number of ether oxygens (including phenoxy) is 2. The van der Waals surface area contributed by atoms with Crippen LogP contribution in [-0.4, -0.2) is 34.9 Å². The number of alkyl halides is 3. The van der Waals surface area contributed by atoms with Gasteiger partial charge in [-0.05, 0) is 49.7 Å². The molecule has 3 rings (SSSR count). The van der Waals surface area contributed by atoms with E-state index in [1.807, 2.05) is 0 Å². The third-order valence-electron chi connectivity index (χ3n) is 4.56. The minimum absolute atomic E-state index is 0.0395. The number of carbonyl (C=O) groups is 2. The number of halogens is 3. The summed E-state index contributed by atoms with van der Waals surface area (Å²) in [6, 6.07) is 11.7. The van der Waals surface area contributed by atoms with Gasteiger partial charge in [0.1, 0.15) is 0 Å². The number of nitrogens with one attached hydrogen (secondary N) is 1. The van der Waals surface area contributed by atoms with Crippen LogP contribution in [0.1, 0.15) is 28.5 Å². The summed E-state index contributed by atoms with van der Waals surface area (Å²) in [6.07, 6.45) is -4.50. The molecule has 34 heavy (non-hydrogen) atoms. The van der Waals surface area contributed by atoms with Crippen LogP contribution in [0.15, 0.2) is 59.4 Å². The average Bonchev–Trinajstić information content (AvgIpc) is 2.78. The molecule has 178 valence electrons. The van der Waals surface area contributed by atoms with Crippen LogP contribution in [-0.2, 0) is 15.7 Å². The van der Waals surface area contributed by atoms with Crippen LogP contribution in [0.5, 0.6) is 5.75 Å². The Hall–Kier alpha value is -4.15. The van der Waals surface area contributed by atoms with Crippen LogP contribution in [0.3, 0.4) is 0 Å². The van der Waals surface area contributed by atoms with E-state index in [0.717, 1.165) is 40.6 Å². The topological polar surface area (TPSA) is 99.5 Å². The fourth-order valence-corrected chi connectivity index (χ4v) is 2.95. The number of anilines is 1.